The molecule has 2 aromatic carbocycles. The normalized spacial score (nSPS) is 12.0. The van der Waals surface area contributed by atoms with Gasteiger partial charge in [0.05, 0.1) is 6.04 Å². The van der Waals surface area contributed by atoms with Gasteiger partial charge in [0.2, 0.25) is 0 Å². The molecule has 122 valence electrons. The van der Waals surface area contributed by atoms with Crippen LogP contribution in [0.3, 0.4) is 0 Å². The molecule has 4 heteroatoms. The molecule has 1 N–H and O–H groups in total. The molecule has 1 atom stereocenters. The molecule has 2 rings (SSSR count). The molecule has 1 amide bonds. The van der Waals surface area contributed by atoms with Crippen LogP contribution in [0.1, 0.15) is 43.9 Å². The van der Waals surface area contributed by atoms with Crippen LogP contribution >= 0.6 is 0 Å². The van der Waals surface area contributed by atoms with Gasteiger partial charge in [0.25, 0.3) is 5.91 Å². The molecule has 0 heterocycles. The van der Waals surface area contributed by atoms with Crippen molar-refractivity contribution < 1.29 is 13.9 Å². The van der Waals surface area contributed by atoms with Crippen LogP contribution < -0.4 is 10.1 Å². The zero-order valence-electron chi connectivity index (χ0n) is 13.7. The quantitative estimate of drug-likeness (QED) is 0.867. The summed E-state index contributed by atoms with van der Waals surface area (Å²) in [6, 6.07) is 13.6. The molecule has 0 aromatic heterocycles. The lowest BCUT2D eigenvalue weighted by atomic mass is 10.0. The Balaban J connectivity index is 1.91. The van der Waals surface area contributed by atoms with Crippen LogP contribution in [0.5, 0.6) is 5.75 Å². The Bertz CT molecular complexity index is 653. The molecule has 0 unspecified atom stereocenters. The van der Waals surface area contributed by atoms with Crippen LogP contribution in [0.4, 0.5) is 4.39 Å². The summed E-state index contributed by atoms with van der Waals surface area (Å²) < 4.78 is 18.6. The fraction of sp³-hybridized carbons (Fsp3) is 0.316. The summed E-state index contributed by atoms with van der Waals surface area (Å²) in [4.78, 5) is 12.0. The predicted octanol–water partition coefficient (Wildman–Crippen LogP) is 4.21. The second kappa shape index (κ2) is 7.77. The third-order valence-corrected chi connectivity index (χ3v) is 3.65. The van der Waals surface area contributed by atoms with Crippen molar-refractivity contribution in [2.24, 2.45) is 0 Å². The SMILES string of the molecule is CC(C)c1ccccc1OCC(=O)N[C@H](C)c1ccc(F)cc1. The average Bonchev–Trinajstić information content (AvgIpc) is 2.53. The Morgan fingerprint density at radius 2 is 1.74 bits per heavy atom. The van der Waals surface area contributed by atoms with Gasteiger partial charge >= 0.3 is 0 Å². The lowest BCUT2D eigenvalue weighted by Gasteiger charge is -2.16. The Hall–Kier alpha value is -2.36. The maximum Gasteiger partial charge on any atom is 0.258 e. The van der Waals surface area contributed by atoms with E-state index in [1.165, 1.54) is 12.1 Å². The Labute approximate surface area is 136 Å². The molecule has 0 saturated heterocycles. The molecule has 23 heavy (non-hydrogen) atoms. The molecule has 0 aliphatic heterocycles. The van der Waals surface area contributed by atoms with Gasteiger partial charge in [-0.05, 0) is 42.2 Å². The van der Waals surface area contributed by atoms with Crippen LogP contribution in [0.25, 0.3) is 0 Å². The van der Waals surface area contributed by atoms with Gasteiger partial charge in [-0.15, -0.1) is 0 Å². The fourth-order valence-corrected chi connectivity index (χ4v) is 2.35. The predicted molar refractivity (Wildman–Crippen MR) is 89.0 cm³/mol. The molecule has 0 saturated carbocycles. The summed E-state index contributed by atoms with van der Waals surface area (Å²) in [6.07, 6.45) is 0. The summed E-state index contributed by atoms with van der Waals surface area (Å²) in [5.41, 5.74) is 1.93. The van der Waals surface area contributed by atoms with E-state index < -0.39 is 0 Å². The minimum Gasteiger partial charge on any atom is -0.483 e. The number of benzene rings is 2. The van der Waals surface area contributed by atoms with Gasteiger partial charge < -0.3 is 10.1 Å². The van der Waals surface area contributed by atoms with Crippen LogP contribution in [0.15, 0.2) is 48.5 Å². The van der Waals surface area contributed by atoms with E-state index in [2.05, 4.69) is 19.2 Å². The number of rotatable bonds is 6. The first kappa shape index (κ1) is 17.0. The van der Waals surface area contributed by atoms with Crippen molar-refractivity contribution in [3.8, 4) is 5.75 Å². The van der Waals surface area contributed by atoms with Crippen LogP contribution in [-0.2, 0) is 4.79 Å². The fourth-order valence-electron chi connectivity index (χ4n) is 2.35. The maximum atomic E-state index is 12.9. The summed E-state index contributed by atoms with van der Waals surface area (Å²) in [6.45, 7) is 5.97. The van der Waals surface area contributed by atoms with Crippen molar-refractivity contribution in [1.82, 2.24) is 5.32 Å². The van der Waals surface area contributed by atoms with Gasteiger partial charge in [-0.1, -0.05) is 44.2 Å². The molecule has 0 spiro atoms. The number of ether oxygens (including phenoxy) is 1. The van der Waals surface area contributed by atoms with Gasteiger partial charge in [-0.25, -0.2) is 4.39 Å². The van der Waals surface area contributed by atoms with Crippen molar-refractivity contribution in [3.05, 3.63) is 65.5 Å². The smallest absolute Gasteiger partial charge is 0.258 e. The third-order valence-electron chi connectivity index (χ3n) is 3.65. The monoisotopic (exact) mass is 315 g/mol. The first-order chi connectivity index (χ1) is 11.0. The van der Waals surface area contributed by atoms with Crippen LogP contribution in [0.2, 0.25) is 0 Å². The van der Waals surface area contributed by atoms with E-state index in [9.17, 15) is 9.18 Å². The lowest BCUT2D eigenvalue weighted by Crippen LogP contribution is -2.31. The highest BCUT2D eigenvalue weighted by atomic mass is 19.1. The van der Waals surface area contributed by atoms with E-state index >= 15 is 0 Å². The second-order valence-corrected chi connectivity index (χ2v) is 5.82. The third kappa shape index (κ3) is 4.81. The molecule has 0 bridgehead atoms. The molecule has 0 aliphatic rings. The number of para-hydroxylation sites is 1. The van der Waals surface area contributed by atoms with E-state index in [0.29, 0.717) is 5.92 Å². The number of halogens is 1. The molecule has 0 fully saturated rings. The summed E-state index contributed by atoms with van der Waals surface area (Å²) in [5, 5.41) is 2.85. The molecule has 3 nitrogen and oxygen atoms in total. The minimum atomic E-state index is -0.291. The van der Waals surface area contributed by atoms with E-state index in [4.69, 9.17) is 4.74 Å². The molecular formula is C19H22FNO2. The van der Waals surface area contributed by atoms with E-state index in [1.807, 2.05) is 31.2 Å². The van der Waals surface area contributed by atoms with Gasteiger partial charge in [-0.3, -0.25) is 4.79 Å². The topological polar surface area (TPSA) is 38.3 Å². The average molecular weight is 315 g/mol. The van der Waals surface area contributed by atoms with E-state index in [-0.39, 0.29) is 24.4 Å². The number of carbonyl (C=O) groups excluding carboxylic acids is 1. The number of hydrogen-bond donors (Lipinski definition) is 1. The van der Waals surface area contributed by atoms with Crippen LogP contribution in [0, 0.1) is 5.82 Å². The lowest BCUT2D eigenvalue weighted by molar-refractivity contribution is -0.123. The zero-order chi connectivity index (χ0) is 16.8. The van der Waals surface area contributed by atoms with E-state index in [0.717, 1.165) is 16.9 Å². The molecule has 0 radical (unpaired) electrons. The summed E-state index contributed by atoms with van der Waals surface area (Å²) in [7, 11) is 0. The standard InChI is InChI=1S/C19H22FNO2/c1-13(2)17-6-4-5-7-18(17)23-12-19(22)21-14(3)15-8-10-16(20)11-9-15/h4-11,13-14H,12H2,1-3H3,(H,21,22)/t14-/m1/s1. The molecule has 0 aliphatic carbocycles. The molecular weight excluding hydrogens is 293 g/mol. The minimum absolute atomic E-state index is 0.0464. The summed E-state index contributed by atoms with van der Waals surface area (Å²) in [5.74, 6) is 0.556. The molecule has 2 aromatic rings. The highest BCUT2D eigenvalue weighted by molar-refractivity contribution is 5.78. The van der Waals surface area contributed by atoms with Gasteiger partial charge in [-0.2, -0.15) is 0 Å². The Kier molecular flexibility index (Phi) is 5.74. The zero-order valence-corrected chi connectivity index (χ0v) is 13.7. The summed E-state index contributed by atoms with van der Waals surface area (Å²) >= 11 is 0. The van der Waals surface area contributed by atoms with Crippen molar-refractivity contribution in [3.63, 3.8) is 0 Å². The van der Waals surface area contributed by atoms with Gasteiger partial charge in [0.15, 0.2) is 6.61 Å². The van der Waals surface area contributed by atoms with Crippen molar-refractivity contribution in [2.75, 3.05) is 6.61 Å². The van der Waals surface area contributed by atoms with Crippen LogP contribution in [-0.4, -0.2) is 12.5 Å². The Morgan fingerprint density at radius 3 is 2.39 bits per heavy atom. The van der Waals surface area contributed by atoms with Crippen molar-refractivity contribution >= 4 is 5.91 Å². The Morgan fingerprint density at radius 1 is 1.09 bits per heavy atom. The number of nitrogens with one attached hydrogen (secondary N) is 1. The number of hydrogen-bond acceptors (Lipinski definition) is 2. The second-order valence-electron chi connectivity index (χ2n) is 5.82. The highest BCUT2D eigenvalue weighted by Gasteiger charge is 2.12. The first-order valence-electron chi connectivity index (χ1n) is 7.74. The largest absolute Gasteiger partial charge is 0.483 e. The van der Waals surface area contributed by atoms with Gasteiger partial charge in [0.1, 0.15) is 11.6 Å². The highest BCUT2D eigenvalue weighted by Crippen LogP contribution is 2.25. The van der Waals surface area contributed by atoms with Gasteiger partial charge in [0, 0.05) is 0 Å². The van der Waals surface area contributed by atoms with Crippen molar-refractivity contribution in [1.29, 1.82) is 0 Å². The van der Waals surface area contributed by atoms with Crippen molar-refractivity contribution in [2.45, 2.75) is 32.7 Å². The first-order valence-corrected chi connectivity index (χ1v) is 7.74. The number of amides is 1. The number of carbonyl (C=O) groups is 1. The van der Waals surface area contributed by atoms with E-state index in [1.54, 1.807) is 12.1 Å². The maximum absolute atomic E-state index is 12.9.